The highest BCUT2D eigenvalue weighted by Crippen LogP contribution is 2.39. The maximum absolute atomic E-state index is 13.2. The van der Waals surface area contributed by atoms with Crippen LogP contribution in [0, 0.1) is 0 Å². The quantitative estimate of drug-likeness (QED) is 0.622. The Morgan fingerprint density at radius 3 is 2.38 bits per heavy atom. The molecule has 26 heavy (non-hydrogen) atoms. The van der Waals surface area contributed by atoms with Crippen molar-refractivity contribution in [3.63, 3.8) is 0 Å². The number of carbonyl (C=O) groups excluding carboxylic acids is 1. The van der Waals surface area contributed by atoms with Crippen LogP contribution in [0.15, 0.2) is 84.4 Å². The Bertz CT molecular complexity index is 974. The number of methoxy groups -OCH3 is 1. The molecule has 1 atom stereocenters. The van der Waals surface area contributed by atoms with E-state index in [2.05, 4.69) is 0 Å². The molecule has 0 aliphatic carbocycles. The van der Waals surface area contributed by atoms with Crippen LogP contribution in [0.4, 0.5) is 0 Å². The smallest absolute Gasteiger partial charge is 0.196 e. The summed E-state index contributed by atoms with van der Waals surface area (Å²) in [5.74, 6) is 1.31. The predicted octanol–water partition coefficient (Wildman–Crippen LogP) is 5.10. The van der Waals surface area contributed by atoms with Crippen molar-refractivity contribution in [2.75, 3.05) is 7.11 Å². The molecule has 1 aliphatic rings. The van der Waals surface area contributed by atoms with Crippen LogP contribution in [0.1, 0.15) is 27.6 Å². The van der Waals surface area contributed by atoms with E-state index in [9.17, 15) is 4.79 Å². The van der Waals surface area contributed by atoms with Gasteiger partial charge in [0.1, 0.15) is 11.5 Å². The summed E-state index contributed by atoms with van der Waals surface area (Å²) in [6.07, 6.45) is 1.41. The highest BCUT2D eigenvalue weighted by Gasteiger charge is 2.32. The van der Waals surface area contributed by atoms with Gasteiger partial charge >= 0.3 is 0 Å². The third-order valence-electron chi connectivity index (χ3n) is 4.47. The Morgan fingerprint density at radius 2 is 1.58 bits per heavy atom. The number of para-hydroxylation sites is 2. The normalized spacial score (nSPS) is 17.5. The summed E-state index contributed by atoms with van der Waals surface area (Å²) in [7, 11) is 1.63. The average molecular weight is 342 g/mol. The summed E-state index contributed by atoms with van der Waals surface area (Å²) < 4.78 is 11.7. The lowest BCUT2D eigenvalue weighted by Gasteiger charge is -2.28. The minimum absolute atomic E-state index is 0.0217. The fraction of sp³-hybridized carbons (Fsp3) is 0.0870. The molecule has 0 saturated carbocycles. The SMILES string of the molecule is COc1ccccc1/C=C1\C(=O)c2ccccc2O[C@@H]1c1ccccc1. The predicted molar refractivity (Wildman–Crippen MR) is 102 cm³/mol. The molecule has 0 saturated heterocycles. The van der Waals surface area contributed by atoms with Crippen molar-refractivity contribution in [3.05, 3.63) is 101 Å². The molecular formula is C23H18O3. The van der Waals surface area contributed by atoms with Crippen LogP contribution in [0.2, 0.25) is 0 Å². The summed E-state index contributed by atoms with van der Waals surface area (Å²) in [6.45, 7) is 0. The maximum Gasteiger partial charge on any atom is 0.196 e. The zero-order chi connectivity index (χ0) is 17.9. The van der Waals surface area contributed by atoms with Crippen molar-refractivity contribution >= 4 is 11.9 Å². The van der Waals surface area contributed by atoms with E-state index in [4.69, 9.17) is 9.47 Å². The first-order valence-corrected chi connectivity index (χ1v) is 8.48. The molecule has 0 unspecified atom stereocenters. The van der Waals surface area contributed by atoms with Gasteiger partial charge in [-0.05, 0) is 29.8 Å². The van der Waals surface area contributed by atoms with E-state index in [0.717, 1.165) is 16.9 Å². The Balaban J connectivity index is 1.88. The van der Waals surface area contributed by atoms with Crippen molar-refractivity contribution in [1.29, 1.82) is 0 Å². The highest BCUT2D eigenvalue weighted by atomic mass is 16.5. The molecule has 0 bridgehead atoms. The van der Waals surface area contributed by atoms with Crippen molar-refractivity contribution in [1.82, 2.24) is 0 Å². The fourth-order valence-corrected chi connectivity index (χ4v) is 3.19. The number of Topliss-reactive ketones (excluding diaryl/α,β-unsaturated/α-hetero) is 1. The number of carbonyl (C=O) groups is 1. The van der Waals surface area contributed by atoms with Crippen LogP contribution in [0.5, 0.6) is 11.5 Å². The first kappa shape index (κ1) is 16.2. The Kier molecular flexibility index (Phi) is 4.28. The average Bonchev–Trinajstić information content (AvgIpc) is 2.71. The molecule has 0 spiro atoms. The second-order valence-electron chi connectivity index (χ2n) is 6.08. The molecular weight excluding hydrogens is 324 g/mol. The van der Waals surface area contributed by atoms with Gasteiger partial charge in [0.05, 0.1) is 12.7 Å². The summed E-state index contributed by atoms with van der Waals surface area (Å²) in [5.41, 5.74) is 2.97. The van der Waals surface area contributed by atoms with Gasteiger partial charge in [-0.15, -0.1) is 0 Å². The number of ether oxygens (including phenoxy) is 2. The van der Waals surface area contributed by atoms with Gasteiger partial charge in [0.2, 0.25) is 0 Å². The fourth-order valence-electron chi connectivity index (χ4n) is 3.19. The summed E-state index contributed by atoms with van der Waals surface area (Å²) in [6, 6.07) is 24.8. The van der Waals surface area contributed by atoms with E-state index >= 15 is 0 Å². The van der Waals surface area contributed by atoms with Gasteiger partial charge in [-0.25, -0.2) is 0 Å². The van der Waals surface area contributed by atoms with E-state index in [1.807, 2.05) is 78.9 Å². The second kappa shape index (κ2) is 6.89. The number of hydrogen-bond acceptors (Lipinski definition) is 3. The Labute approximate surface area is 152 Å². The van der Waals surface area contributed by atoms with Gasteiger partial charge in [-0.2, -0.15) is 0 Å². The van der Waals surface area contributed by atoms with Crippen LogP contribution in [-0.2, 0) is 0 Å². The van der Waals surface area contributed by atoms with Gasteiger partial charge in [-0.3, -0.25) is 4.79 Å². The lowest BCUT2D eigenvalue weighted by atomic mass is 9.89. The Hall–Kier alpha value is -3.33. The maximum atomic E-state index is 13.2. The molecule has 3 aromatic rings. The molecule has 4 rings (SSSR count). The summed E-state index contributed by atoms with van der Waals surface area (Å²) in [5, 5.41) is 0. The van der Waals surface area contributed by atoms with Crippen LogP contribution in [-0.4, -0.2) is 12.9 Å². The van der Waals surface area contributed by atoms with Gasteiger partial charge < -0.3 is 9.47 Å². The van der Waals surface area contributed by atoms with Gasteiger partial charge in [0, 0.05) is 11.1 Å². The van der Waals surface area contributed by atoms with Gasteiger partial charge in [0.15, 0.2) is 11.9 Å². The van der Waals surface area contributed by atoms with Crippen LogP contribution in [0.25, 0.3) is 6.08 Å². The minimum atomic E-state index is -0.455. The van der Waals surface area contributed by atoms with Crippen molar-refractivity contribution in [2.45, 2.75) is 6.10 Å². The molecule has 128 valence electrons. The third kappa shape index (κ3) is 2.88. The zero-order valence-electron chi connectivity index (χ0n) is 14.4. The largest absolute Gasteiger partial charge is 0.496 e. The molecule has 3 heteroatoms. The molecule has 3 nitrogen and oxygen atoms in total. The molecule has 1 aliphatic heterocycles. The van der Waals surface area contributed by atoms with E-state index in [0.29, 0.717) is 16.9 Å². The molecule has 0 N–H and O–H groups in total. The number of rotatable bonds is 3. The lowest BCUT2D eigenvalue weighted by Crippen LogP contribution is -2.23. The van der Waals surface area contributed by atoms with Crippen LogP contribution >= 0.6 is 0 Å². The molecule has 0 radical (unpaired) electrons. The first-order valence-electron chi connectivity index (χ1n) is 8.48. The van der Waals surface area contributed by atoms with E-state index in [1.165, 1.54) is 0 Å². The number of hydrogen-bond donors (Lipinski definition) is 0. The zero-order valence-corrected chi connectivity index (χ0v) is 14.4. The van der Waals surface area contributed by atoms with Crippen molar-refractivity contribution in [2.24, 2.45) is 0 Å². The van der Waals surface area contributed by atoms with Gasteiger partial charge in [0.25, 0.3) is 0 Å². The van der Waals surface area contributed by atoms with Crippen molar-refractivity contribution < 1.29 is 14.3 Å². The van der Waals surface area contributed by atoms with Gasteiger partial charge in [-0.1, -0.05) is 60.7 Å². The number of fused-ring (bicyclic) bond motifs is 1. The molecule has 0 amide bonds. The topological polar surface area (TPSA) is 35.5 Å². The molecule has 3 aromatic carbocycles. The lowest BCUT2D eigenvalue weighted by molar-refractivity contribution is 0.0963. The minimum Gasteiger partial charge on any atom is -0.496 e. The molecule has 0 aromatic heterocycles. The van der Waals surface area contributed by atoms with E-state index in [-0.39, 0.29) is 5.78 Å². The number of ketones is 1. The van der Waals surface area contributed by atoms with Crippen LogP contribution < -0.4 is 9.47 Å². The van der Waals surface area contributed by atoms with Crippen LogP contribution in [0.3, 0.4) is 0 Å². The van der Waals surface area contributed by atoms with E-state index < -0.39 is 6.10 Å². The third-order valence-corrected chi connectivity index (χ3v) is 4.47. The molecule has 0 fully saturated rings. The molecule has 1 heterocycles. The monoisotopic (exact) mass is 342 g/mol. The number of benzene rings is 3. The van der Waals surface area contributed by atoms with Crippen molar-refractivity contribution in [3.8, 4) is 11.5 Å². The summed E-state index contributed by atoms with van der Waals surface area (Å²) >= 11 is 0. The summed E-state index contributed by atoms with van der Waals surface area (Å²) in [4.78, 5) is 13.2. The Morgan fingerprint density at radius 1 is 0.885 bits per heavy atom. The first-order chi connectivity index (χ1) is 12.8. The standard InChI is InChI=1S/C23H18O3/c1-25-20-13-7-5-11-17(20)15-19-22(24)18-12-6-8-14-21(18)26-23(19)16-9-3-2-4-10-16/h2-15,23H,1H3/b19-15+/t23-/m1/s1. The highest BCUT2D eigenvalue weighted by molar-refractivity contribution is 6.14. The second-order valence-corrected chi connectivity index (χ2v) is 6.08. The van der Waals surface area contributed by atoms with E-state index in [1.54, 1.807) is 13.2 Å².